The summed E-state index contributed by atoms with van der Waals surface area (Å²) < 4.78 is 0. The lowest BCUT2D eigenvalue weighted by atomic mass is 10.1. The molecule has 0 spiro atoms. The van der Waals surface area contributed by atoms with E-state index in [2.05, 4.69) is 18.3 Å². The smallest absolute Gasteiger partial charge is 0.289 e. The average molecular weight is 346 g/mol. The zero-order valence-electron chi connectivity index (χ0n) is 13.0. The number of nitrogens with zero attached hydrogens (tertiary/aromatic N) is 2. The maximum Gasteiger partial charge on any atom is 0.289 e. The number of rotatable bonds is 4. The Hall–Kier alpha value is -2.60. The molecule has 6 nitrogen and oxygen atoms in total. The van der Waals surface area contributed by atoms with Gasteiger partial charge in [-0.3, -0.25) is 14.9 Å². The van der Waals surface area contributed by atoms with Crippen LogP contribution in [0.1, 0.15) is 12.5 Å². The van der Waals surface area contributed by atoms with Crippen LogP contribution in [0.5, 0.6) is 0 Å². The molecule has 1 amide bonds. The monoisotopic (exact) mass is 345 g/mol. The van der Waals surface area contributed by atoms with Crippen LogP contribution in [0.15, 0.2) is 42.5 Å². The summed E-state index contributed by atoms with van der Waals surface area (Å²) in [5.41, 5.74) is 2.41. The zero-order valence-corrected chi connectivity index (χ0v) is 13.8. The summed E-state index contributed by atoms with van der Waals surface area (Å²) >= 11 is 5.78. The number of carbonyl (C=O) groups is 1. The summed E-state index contributed by atoms with van der Waals surface area (Å²) in [7, 11) is 0. The fraction of sp³-hybridized carbons (Fsp3) is 0.235. The van der Waals surface area contributed by atoms with Crippen LogP contribution in [0.2, 0.25) is 5.02 Å². The molecule has 0 radical (unpaired) electrons. The summed E-state index contributed by atoms with van der Waals surface area (Å²) in [6.45, 7) is 2.26. The lowest BCUT2D eigenvalue weighted by Crippen LogP contribution is -2.37. The minimum atomic E-state index is -0.573. The van der Waals surface area contributed by atoms with Gasteiger partial charge in [0.1, 0.15) is 5.02 Å². The normalized spacial score (nSPS) is 15.9. The molecule has 1 aliphatic rings. The number of para-hydroxylation sites is 1. The molecule has 1 heterocycles. The summed E-state index contributed by atoms with van der Waals surface area (Å²) in [6, 6.07) is 12.4. The third-order valence-corrected chi connectivity index (χ3v) is 4.41. The van der Waals surface area contributed by atoms with E-state index in [1.807, 2.05) is 23.1 Å². The minimum Gasteiger partial charge on any atom is -0.359 e. The highest BCUT2D eigenvalue weighted by molar-refractivity contribution is 6.32. The first-order chi connectivity index (χ1) is 11.5. The van der Waals surface area contributed by atoms with Crippen molar-refractivity contribution in [1.29, 1.82) is 0 Å². The van der Waals surface area contributed by atoms with Gasteiger partial charge in [0.15, 0.2) is 0 Å². The van der Waals surface area contributed by atoms with Crippen molar-refractivity contribution >= 4 is 34.6 Å². The second-order valence-corrected chi connectivity index (χ2v) is 6.19. The highest BCUT2D eigenvalue weighted by Gasteiger charge is 2.27. The van der Waals surface area contributed by atoms with Crippen LogP contribution in [0.25, 0.3) is 0 Å². The first-order valence-corrected chi connectivity index (χ1v) is 7.92. The molecule has 0 bridgehead atoms. The molecule has 1 unspecified atom stereocenters. The van der Waals surface area contributed by atoms with Gasteiger partial charge in [-0.1, -0.05) is 29.8 Å². The van der Waals surface area contributed by atoms with Crippen molar-refractivity contribution in [3.63, 3.8) is 0 Å². The van der Waals surface area contributed by atoms with Crippen molar-refractivity contribution < 1.29 is 9.72 Å². The van der Waals surface area contributed by atoms with Crippen LogP contribution < -0.4 is 10.2 Å². The van der Waals surface area contributed by atoms with Gasteiger partial charge >= 0.3 is 0 Å². The SMILES string of the molecule is CC1Cc2ccccc2N1CC(=O)Nc1ccc(Cl)c([N+](=O)[O-])c1. The van der Waals surface area contributed by atoms with E-state index in [0.717, 1.165) is 12.1 Å². The van der Waals surface area contributed by atoms with Crippen molar-refractivity contribution in [2.75, 3.05) is 16.8 Å². The Kier molecular flexibility index (Phi) is 4.40. The molecular formula is C17H16ClN3O3. The van der Waals surface area contributed by atoms with Gasteiger partial charge in [-0.2, -0.15) is 0 Å². The van der Waals surface area contributed by atoms with E-state index in [1.165, 1.54) is 17.7 Å². The number of nitro groups is 1. The summed E-state index contributed by atoms with van der Waals surface area (Å²) in [4.78, 5) is 24.7. The van der Waals surface area contributed by atoms with Crippen molar-refractivity contribution in [3.05, 3.63) is 63.2 Å². The number of amides is 1. The third kappa shape index (κ3) is 3.19. The van der Waals surface area contributed by atoms with Crippen molar-refractivity contribution in [3.8, 4) is 0 Å². The lowest BCUT2D eigenvalue weighted by Gasteiger charge is -2.24. The zero-order chi connectivity index (χ0) is 17.3. The third-order valence-electron chi connectivity index (χ3n) is 4.09. The quantitative estimate of drug-likeness (QED) is 0.678. The van der Waals surface area contributed by atoms with Gasteiger partial charge < -0.3 is 10.2 Å². The van der Waals surface area contributed by atoms with Gasteiger partial charge in [-0.05, 0) is 37.1 Å². The molecule has 0 aromatic heterocycles. The van der Waals surface area contributed by atoms with Gasteiger partial charge in [0.2, 0.25) is 5.91 Å². The van der Waals surface area contributed by atoms with E-state index in [1.54, 1.807) is 6.07 Å². The molecule has 1 aliphatic heterocycles. The number of fused-ring (bicyclic) bond motifs is 1. The molecule has 7 heteroatoms. The molecule has 0 saturated heterocycles. The van der Waals surface area contributed by atoms with Crippen LogP contribution in [-0.2, 0) is 11.2 Å². The van der Waals surface area contributed by atoms with Gasteiger partial charge in [0.25, 0.3) is 5.69 Å². The highest BCUT2D eigenvalue weighted by atomic mass is 35.5. The molecule has 1 N–H and O–H groups in total. The van der Waals surface area contributed by atoms with E-state index in [9.17, 15) is 14.9 Å². The molecule has 2 aromatic rings. The van der Waals surface area contributed by atoms with E-state index in [-0.39, 0.29) is 29.2 Å². The van der Waals surface area contributed by atoms with Crippen molar-refractivity contribution in [2.45, 2.75) is 19.4 Å². The largest absolute Gasteiger partial charge is 0.359 e. The summed E-state index contributed by atoms with van der Waals surface area (Å²) in [6.07, 6.45) is 0.899. The molecule has 2 aromatic carbocycles. The van der Waals surface area contributed by atoms with E-state index in [4.69, 9.17) is 11.6 Å². The average Bonchev–Trinajstić information content (AvgIpc) is 2.85. The Morgan fingerprint density at radius 1 is 1.38 bits per heavy atom. The van der Waals surface area contributed by atoms with Gasteiger partial charge in [-0.25, -0.2) is 0 Å². The number of nitro benzene ring substituents is 1. The molecule has 24 heavy (non-hydrogen) atoms. The van der Waals surface area contributed by atoms with Gasteiger partial charge in [0, 0.05) is 23.5 Å². The fourth-order valence-electron chi connectivity index (χ4n) is 2.96. The number of hydrogen-bond acceptors (Lipinski definition) is 4. The highest BCUT2D eigenvalue weighted by Crippen LogP contribution is 2.32. The van der Waals surface area contributed by atoms with Gasteiger partial charge in [0.05, 0.1) is 11.5 Å². The number of benzene rings is 2. The van der Waals surface area contributed by atoms with Crippen LogP contribution in [0.3, 0.4) is 0 Å². The predicted molar refractivity (Wildman–Crippen MR) is 93.7 cm³/mol. The molecule has 0 fully saturated rings. The summed E-state index contributed by atoms with van der Waals surface area (Å²) in [5, 5.41) is 13.7. The Morgan fingerprint density at radius 3 is 2.88 bits per heavy atom. The number of nitrogens with one attached hydrogen (secondary N) is 1. The first kappa shape index (κ1) is 16.3. The van der Waals surface area contributed by atoms with E-state index < -0.39 is 4.92 Å². The van der Waals surface area contributed by atoms with Gasteiger partial charge in [-0.15, -0.1) is 0 Å². The maximum absolute atomic E-state index is 12.3. The van der Waals surface area contributed by atoms with Crippen molar-refractivity contribution in [1.82, 2.24) is 0 Å². The fourth-order valence-corrected chi connectivity index (χ4v) is 3.14. The first-order valence-electron chi connectivity index (χ1n) is 7.54. The molecule has 124 valence electrons. The molecule has 1 atom stereocenters. The topological polar surface area (TPSA) is 75.5 Å². The Labute approximate surface area is 144 Å². The van der Waals surface area contributed by atoms with E-state index >= 15 is 0 Å². The molecule has 3 rings (SSSR count). The number of carbonyl (C=O) groups excluding carboxylic acids is 1. The summed E-state index contributed by atoms with van der Waals surface area (Å²) in [5.74, 6) is -0.227. The minimum absolute atomic E-state index is 0.0418. The molecule has 0 aliphatic carbocycles. The Balaban J connectivity index is 1.73. The Morgan fingerprint density at radius 2 is 2.12 bits per heavy atom. The van der Waals surface area contributed by atoms with E-state index in [0.29, 0.717) is 5.69 Å². The van der Waals surface area contributed by atoms with Crippen LogP contribution in [0, 0.1) is 10.1 Å². The lowest BCUT2D eigenvalue weighted by molar-refractivity contribution is -0.384. The molecule has 0 saturated carbocycles. The number of anilines is 2. The standard InChI is InChI=1S/C17H16ClN3O3/c1-11-8-12-4-2-3-5-15(12)20(11)10-17(22)19-13-6-7-14(18)16(9-13)21(23)24/h2-7,9,11H,8,10H2,1H3,(H,19,22). The van der Waals surface area contributed by atoms with Crippen LogP contribution in [0.4, 0.5) is 17.1 Å². The Bertz CT molecular complexity index is 809. The van der Waals surface area contributed by atoms with Crippen LogP contribution >= 0.6 is 11.6 Å². The van der Waals surface area contributed by atoms with Crippen LogP contribution in [-0.4, -0.2) is 23.4 Å². The predicted octanol–water partition coefficient (Wildman–Crippen LogP) is 3.64. The number of halogens is 1. The second kappa shape index (κ2) is 6.49. The van der Waals surface area contributed by atoms with Crippen molar-refractivity contribution in [2.24, 2.45) is 0 Å². The maximum atomic E-state index is 12.3. The molecular weight excluding hydrogens is 330 g/mol. The second-order valence-electron chi connectivity index (χ2n) is 5.78. The number of hydrogen-bond donors (Lipinski definition) is 1.